The van der Waals surface area contributed by atoms with Crippen LogP contribution in [0.25, 0.3) is 0 Å². The second kappa shape index (κ2) is 9.84. The lowest BCUT2D eigenvalue weighted by atomic mass is 10.3. The van der Waals surface area contributed by atoms with Crippen LogP contribution in [0, 0.1) is 5.82 Å². The van der Waals surface area contributed by atoms with Crippen molar-refractivity contribution in [2.24, 2.45) is 0 Å². The SMILES string of the molecule is O=C(NCCCN1CCOCC1)Nc1ccc(Oc2ccc(F)cc2)nc1. The molecule has 0 atom stereocenters. The van der Waals surface area contributed by atoms with Gasteiger partial charge in [0, 0.05) is 25.7 Å². The van der Waals surface area contributed by atoms with Crippen molar-refractivity contribution in [3.8, 4) is 11.6 Å². The molecule has 0 unspecified atom stereocenters. The zero-order valence-electron chi connectivity index (χ0n) is 15.0. The van der Waals surface area contributed by atoms with E-state index in [-0.39, 0.29) is 11.8 Å². The first kappa shape index (κ1) is 19.1. The number of morpholine rings is 1. The predicted octanol–water partition coefficient (Wildman–Crippen LogP) is 2.86. The lowest BCUT2D eigenvalue weighted by Crippen LogP contribution is -2.38. The summed E-state index contributed by atoms with van der Waals surface area (Å²) in [5.41, 5.74) is 0.562. The number of halogens is 1. The quantitative estimate of drug-likeness (QED) is 0.729. The van der Waals surface area contributed by atoms with E-state index in [1.807, 2.05) is 0 Å². The molecule has 2 aromatic rings. The van der Waals surface area contributed by atoms with Gasteiger partial charge in [0.2, 0.25) is 5.88 Å². The Hall–Kier alpha value is -2.71. The standard InChI is InChI=1S/C19H23FN4O3/c20-15-2-5-17(6-3-15)27-18-7-4-16(14-22-18)23-19(25)21-8-1-9-24-10-12-26-13-11-24/h2-7,14H,1,8-13H2,(H2,21,23,25). The minimum absolute atomic E-state index is 0.272. The van der Waals surface area contributed by atoms with Crippen LogP contribution in [0.3, 0.4) is 0 Å². The number of urea groups is 1. The van der Waals surface area contributed by atoms with Gasteiger partial charge in [-0.15, -0.1) is 0 Å². The summed E-state index contributed by atoms with van der Waals surface area (Å²) in [6.07, 6.45) is 2.39. The molecule has 1 aromatic heterocycles. The Morgan fingerprint density at radius 2 is 1.96 bits per heavy atom. The Kier molecular flexibility index (Phi) is 6.95. The van der Waals surface area contributed by atoms with E-state index in [0.29, 0.717) is 23.9 Å². The molecule has 1 aliphatic heterocycles. The number of nitrogens with one attached hydrogen (secondary N) is 2. The van der Waals surface area contributed by atoms with Crippen LogP contribution in [-0.4, -0.2) is 55.3 Å². The third kappa shape index (κ3) is 6.50. The lowest BCUT2D eigenvalue weighted by molar-refractivity contribution is 0.0375. The van der Waals surface area contributed by atoms with Crippen LogP contribution in [0.2, 0.25) is 0 Å². The van der Waals surface area contributed by atoms with Crippen molar-refractivity contribution < 1.29 is 18.7 Å². The number of carbonyl (C=O) groups is 1. The molecule has 144 valence electrons. The third-order valence-electron chi connectivity index (χ3n) is 4.07. The summed E-state index contributed by atoms with van der Waals surface area (Å²) in [5, 5.41) is 5.56. The maximum Gasteiger partial charge on any atom is 0.319 e. The van der Waals surface area contributed by atoms with Gasteiger partial charge in [-0.05, 0) is 43.3 Å². The Morgan fingerprint density at radius 1 is 1.19 bits per heavy atom. The highest BCUT2D eigenvalue weighted by Crippen LogP contribution is 2.20. The second-order valence-corrected chi connectivity index (χ2v) is 6.13. The molecule has 8 heteroatoms. The molecule has 1 aromatic carbocycles. The molecule has 2 N–H and O–H groups in total. The Balaban J connectivity index is 1.37. The summed E-state index contributed by atoms with van der Waals surface area (Å²) in [6.45, 7) is 5.00. The minimum atomic E-state index is -0.328. The number of aromatic nitrogens is 1. The van der Waals surface area contributed by atoms with E-state index in [1.165, 1.54) is 30.5 Å². The van der Waals surface area contributed by atoms with Gasteiger partial charge in [-0.25, -0.2) is 14.2 Å². The van der Waals surface area contributed by atoms with E-state index in [0.717, 1.165) is 39.3 Å². The van der Waals surface area contributed by atoms with Crippen LogP contribution in [0.1, 0.15) is 6.42 Å². The van der Waals surface area contributed by atoms with Crippen LogP contribution < -0.4 is 15.4 Å². The first-order valence-corrected chi connectivity index (χ1v) is 8.93. The zero-order valence-corrected chi connectivity index (χ0v) is 15.0. The topological polar surface area (TPSA) is 75.7 Å². The molecule has 2 amide bonds. The van der Waals surface area contributed by atoms with Gasteiger partial charge in [0.05, 0.1) is 25.1 Å². The molecule has 0 bridgehead atoms. The van der Waals surface area contributed by atoms with Crippen molar-refractivity contribution >= 4 is 11.7 Å². The van der Waals surface area contributed by atoms with Gasteiger partial charge in [0.25, 0.3) is 0 Å². The lowest BCUT2D eigenvalue weighted by Gasteiger charge is -2.26. The van der Waals surface area contributed by atoms with Crippen molar-refractivity contribution in [2.45, 2.75) is 6.42 Å². The Labute approximate surface area is 157 Å². The summed E-state index contributed by atoms with van der Waals surface area (Å²) in [4.78, 5) is 18.4. The highest BCUT2D eigenvalue weighted by Gasteiger charge is 2.09. The molecule has 0 spiro atoms. The summed E-state index contributed by atoms with van der Waals surface area (Å²) in [6, 6.07) is 8.73. The number of anilines is 1. The molecule has 1 fully saturated rings. The van der Waals surface area contributed by atoms with E-state index in [2.05, 4.69) is 20.5 Å². The van der Waals surface area contributed by atoms with E-state index < -0.39 is 0 Å². The molecule has 2 heterocycles. The summed E-state index contributed by atoms with van der Waals surface area (Å²) in [5.74, 6) is 0.520. The average molecular weight is 374 g/mol. The maximum absolute atomic E-state index is 12.9. The molecule has 0 saturated carbocycles. The number of benzene rings is 1. The Morgan fingerprint density at radius 3 is 2.67 bits per heavy atom. The maximum atomic E-state index is 12.9. The first-order valence-electron chi connectivity index (χ1n) is 8.93. The van der Waals surface area contributed by atoms with Crippen molar-refractivity contribution in [1.29, 1.82) is 0 Å². The minimum Gasteiger partial charge on any atom is -0.439 e. The zero-order chi connectivity index (χ0) is 18.9. The average Bonchev–Trinajstić information content (AvgIpc) is 2.69. The van der Waals surface area contributed by atoms with E-state index in [4.69, 9.17) is 9.47 Å². The van der Waals surface area contributed by atoms with Crippen LogP contribution >= 0.6 is 0 Å². The summed E-state index contributed by atoms with van der Waals surface area (Å²) in [7, 11) is 0. The van der Waals surface area contributed by atoms with Crippen LogP contribution in [-0.2, 0) is 4.74 Å². The van der Waals surface area contributed by atoms with Gasteiger partial charge in [-0.1, -0.05) is 0 Å². The summed E-state index contributed by atoms with van der Waals surface area (Å²) < 4.78 is 23.7. The van der Waals surface area contributed by atoms with E-state index in [9.17, 15) is 9.18 Å². The third-order valence-corrected chi connectivity index (χ3v) is 4.07. The number of carbonyl (C=O) groups excluding carboxylic acids is 1. The van der Waals surface area contributed by atoms with Gasteiger partial charge in [-0.3, -0.25) is 4.90 Å². The van der Waals surface area contributed by atoms with Crippen molar-refractivity contribution in [2.75, 3.05) is 44.7 Å². The number of hydrogen-bond donors (Lipinski definition) is 2. The molecule has 27 heavy (non-hydrogen) atoms. The number of pyridine rings is 1. The van der Waals surface area contributed by atoms with E-state index in [1.54, 1.807) is 12.1 Å². The highest BCUT2D eigenvalue weighted by atomic mass is 19.1. The molecule has 1 saturated heterocycles. The molecule has 0 aliphatic carbocycles. The fraction of sp³-hybridized carbons (Fsp3) is 0.368. The van der Waals surface area contributed by atoms with Crippen LogP contribution in [0.4, 0.5) is 14.9 Å². The molecule has 1 aliphatic rings. The predicted molar refractivity (Wildman–Crippen MR) is 99.6 cm³/mol. The van der Waals surface area contributed by atoms with Crippen LogP contribution in [0.5, 0.6) is 11.6 Å². The van der Waals surface area contributed by atoms with Crippen molar-refractivity contribution in [3.63, 3.8) is 0 Å². The number of amides is 2. The van der Waals surface area contributed by atoms with Crippen molar-refractivity contribution in [1.82, 2.24) is 15.2 Å². The molecular weight excluding hydrogens is 351 g/mol. The molecular formula is C19H23FN4O3. The largest absolute Gasteiger partial charge is 0.439 e. The van der Waals surface area contributed by atoms with Crippen molar-refractivity contribution in [3.05, 3.63) is 48.4 Å². The normalized spacial score (nSPS) is 14.6. The monoisotopic (exact) mass is 374 g/mol. The number of rotatable bonds is 7. The fourth-order valence-corrected chi connectivity index (χ4v) is 2.64. The van der Waals surface area contributed by atoms with Gasteiger partial charge in [0.15, 0.2) is 0 Å². The Bertz CT molecular complexity index is 719. The number of hydrogen-bond acceptors (Lipinski definition) is 5. The van der Waals surface area contributed by atoms with Crippen LogP contribution in [0.15, 0.2) is 42.6 Å². The smallest absolute Gasteiger partial charge is 0.319 e. The van der Waals surface area contributed by atoms with Gasteiger partial charge < -0.3 is 20.1 Å². The highest BCUT2D eigenvalue weighted by molar-refractivity contribution is 5.88. The molecule has 7 nitrogen and oxygen atoms in total. The van der Waals surface area contributed by atoms with E-state index >= 15 is 0 Å². The number of nitrogens with zero attached hydrogens (tertiary/aromatic N) is 2. The summed E-state index contributed by atoms with van der Waals surface area (Å²) >= 11 is 0. The second-order valence-electron chi connectivity index (χ2n) is 6.13. The fourth-order valence-electron chi connectivity index (χ4n) is 2.64. The molecule has 0 radical (unpaired) electrons. The molecule has 3 rings (SSSR count). The number of ether oxygens (including phenoxy) is 2. The van der Waals surface area contributed by atoms with Gasteiger partial charge in [-0.2, -0.15) is 0 Å². The van der Waals surface area contributed by atoms with Gasteiger partial charge in [0.1, 0.15) is 11.6 Å². The first-order chi connectivity index (χ1) is 13.2. The van der Waals surface area contributed by atoms with Gasteiger partial charge >= 0.3 is 6.03 Å².